The predicted molar refractivity (Wildman–Crippen MR) is 68.0 cm³/mol. The molecule has 1 aromatic carbocycles. The third kappa shape index (κ3) is 4.97. The standard InChI is InChI=1S/C13H18N2O3/c1-10(16)14-12(13(17)18)9-15(2)8-11-6-4-3-5-7-11/h3-7,12H,8-9H2,1-2H3,(H,14,16)(H,17,18). The van der Waals surface area contributed by atoms with Crippen LogP contribution in [0, 0.1) is 0 Å². The van der Waals surface area contributed by atoms with E-state index in [1.165, 1.54) is 6.92 Å². The van der Waals surface area contributed by atoms with Crippen molar-refractivity contribution in [2.24, 2.45) is 0 Å². The van der Waals surface area contributed by atoms with Crippen molar-refractivity contribution in [1.29, 1.82) is 0 Å². The summed E-state index contributed by atoms with van der Waals surface area (Å²) in [6.45, 7) is 2.22. The summed E-state index contributed by atoms with van der Waals surface area (Å²) >= 11 is 0. The summed E-state index contributed by atoms with van der Waals surface area (Å²) in [5, 5.41) is 11.4. The first-order valence-corrected chi connectivity index (χ1v) is 5.71. The van der Waals surface area contributed by atoms with Gasteiger partial charge in [0.25, 0.3) is 0 Å². The third-order valence-corrected chi connectivity index (χ3v) is 2.47. The summed E-state index contributed by atoms with van der Waals surface area (Å²) in [6, 6.07) is 8.88. The lowest BCUT2D eigenvalue weighted by atomic mass is 10.2. The molecule has 2 N–H and O–H groups in total. The lowest BCUT2D eigenvalue weighted by molar-refractivity contribution is -0.142. The second kappa shape index (κ2) is 6.76. The maximum atomic E-state index is 11.0. The first kappa shape index (κ1) is 14.2. The average Bonchev–Trinajstić information content (AvgIpc) is 2.28. The monoisotopic (exact) mass is 250 g/mol. The first-order chi connectivity index (χ1) is 8.49. The van der Waals surface area contributed by atoms with Crippen molar-refractivity contribution in [2.45, 2.75) is 19.5 Å². The third-order valence-electron chi connectivity index (χ3n) is 2.47. The topological polar surface area (TPSA) is 69.6 Å². The van der Waals surface area contributed by atoms with Crippen molar-refractivity contribution in [2.75, 3.05) is 13.6 Å². The Morgan fingerprint density at radius 2 is 1.94 bits per heavy atom. The van der Waals surface area contributed by atoms with Crippen LogP contribution in [0.2, 0.25) is 0 Å². The Morgan fingerprint density at radius 3 is 2.44 bits per heavy atom. The molecule has 0 saturated heterocycles. The van der Waals surface area contributed by atoms with Gasteiger partial charge >= 0.3 is 5.97 Å². The SMILES string of the molecule is CC(=O)NC(CN(C)Cc1ccccc1)C(=O)O. The summed E-state index contributed by atoms with van der Waals surface area (Å²) in [4.78, 5) is 23.8. The van der Waals surface area contributed by atoms with Crippen LogP contribution in [0.5, 0.6) is 0 Å². The molecule has 1 aromatic rings. The lowest BCUT2D eigenvalue weighted by Gasteiger charge is -2.21. The highest BCUT2D eigenvalue weighted by molar-refractivity contribution is 5.82. The zero-order valence-electron chi connectivity index (χ0n) is 10.6. The van der Waals surface area contributed by atoms with E-state index in [1.807, 2.05) is 42.3 Å². The van der Waals surface area contributed by atoms with Gasteiger partial charge in [0.15, 0.2) is 0 Å². The summed E-state index contributed by atoms with van der Waals surface area (Å²) in [5.41, 5.74) is 1.10. The van der Waals surface area contributed by atoms with Crippen molar-refractivity contribution in [3.05, 3.63) is 35.9 Å². The molecule has 0 spiro atoms. The molecule has 0 aromatic heterocycles. The Balaban J connectivity index is 2.53. The van der Waals surface area contributed by atoms with Crippen LogP contribution in [0.3, 0.4) is 0 Å². The zero-order valence-corrected chi connectivity index (χ0v) is 10.6. The molecule has 0 fully saturated rings. The number of carboxylic acid groups (broad SMARTS) is 1. The highest BCUT2D eigenvalue weighted by Crippen LogP contribution is 2.03. The molecule has 1 rings (SSSR count). The number of hydrogen-bond donors (Lipinski definition) is 2. The molecular weight excluding hydrogens is 232 g/mol. The van der Waals surface area contributed by atoms with Gasteiger partial charge < -0.3 is 10.4 Å². The number of aliphatic carboxylic acids is 1. The van der Waals surface area contributed by atoms with Crippen molar-refractivity contribution >= 4 is 11.9 Å². The van der Waals surface area contributed by atoms with E-state index in [4.69, 9.17) is 5.11 Å². The Labute approximate surface area is 106 Å². The lowest BCUT2D eigenvalue weighted by Crippen LogP contribution is -2.46. The van der Waals surface area contributed by atoms with Crippen LogP contribution in [0.4, 0.5) is 0 Å². The van der Waals surface area contributed by atoms with Crippen LogP contribution in [0.15, 0.2) is 30.3 Å². The number of nitrogens with one attached hydrogen (secondary N) is 1. The number of rotatable bonds is 6. The summed E-state index contributed by atoms with van der Waals surface area (Å²) in [6.07, 6.45) is 0. The molecule has 0 saturated carbocycles. The Hall–Kier alpha value is -1.88. The minimum atomic E-state index is -1.02. The van der Waals surface area contributed by atoms with Crippen LogP contribution >= 0.6 is 0 Å². The minimum Gasteiger partial charge on any atom is -0.480 e. The number of nitrogens with zero attached hydrogens (tertiary/aromatic N) is 1. The van der Waals surface area contributed by atoms with Crippen molar-refractivity contribution < 1.29 is 14.7 Å². The molecule has 1 unspecified atom stereocenters. The van der Waals surface area contributed by atoms with Crippen LogP contribution in [0.25, 0.3) is 0 Å². The van der Waals surface area contributed by atoms with Gasteiger partial charge in [-0.25, -0.2) is 4.79 Å². The van der Waals surface area contributed by atoms with E-state index < -0.39 is 12.0 Å². The van der Waals surface area contributed by atoms with E-state index in [0.717, 1.165) is 5.56 Å². The van der Waals surface area contributed by atoms with E-state index in [-0.39, 0.29) is 12.5 Å². The number of amides is 1. The second-order valence-electron chi connectivity index (χ2n) is 4.27. The van der Waals surface area contributed by atoms with E-state index in [2.05, 4.69) is 5.32 Å². The summed E-state index contributed by atoms with van der Waals surface area (Å²) < 4.78 is 0. The molecule has 0 aliphatic carbocycles. The molecule has 0 bridgehead atoms. The van der Waals surface area contributed by atoms with Crippen LogP contribution in [-0.2, 0) is 16.1 Å². The molecule has 1 atom stereocenters. The quantitative estimate of drug-likeness (QED) is 0.780. The number of hydrogen-bond acceptors (Lipinski definition) is 3. The molecule has 98 valence electrons. The summed E-state index contributed by atoms with van der Waals surface area (Å²) in [7, 11) is 1.82. The Morgan fingerprint density at radius 1 is 1.33 bits per heavy atom. The van der Waals surface area contributed by atoms with Crippen molar-refractivity contribution in [1.82, 2.24) is 10.2 Å². The fraction of sp³-hybridized carbons (Fsp3) is 0.385. The number of likely N-dealkylation sites (N-methyl/N-ethyl adjacent to an activating group) is 1. The maximum absolute atomic E-state index is 11.0. The molecular formula is C13H18N2O3. The number of carbonyl (C=O) groups excluding carboxylic acids is 1. The van der Waals surface area contributed by atoms with Crippen LogP contribution < -0.4 is 5.32 Å². The first-order valence-electron chi connectivity index (χ1n) is 5.71. The van der Waals surface area contributed by atoms with Gasteiger partial charge in [0, 0.05) is 20.0 Å². The van der Waals surface area contributed by atoms with Crippen molar-refractivity contribution in [3.8, 4) is 0 Å². The van der Waals surface area contributed by atoms with E-state index in [1.54, 1.807) is 0 Å². The number of carboxylic acids is 1. The zero-order chi connectivity index (χ0) is 13.5. The Kier molecular flexibility index (Phi) is 5.32. The average molecular weight is 250 g/mol. The number of carbonyl (C=O) groups is 2. The van der Waals surface area contributed by atoms with Gasteiger partial charge in [-0.05, 0) is 12.6 Å². The molecule has 5 nitrogen and oxygen atoms in total. The number of benzene rings is 1. The van der Waals surface area contributed by atoms with Crippen LogP contribution in [-0.4, -0.2) is 41.5 Å². The molecule has 0 aliphatic heterocycles. The molecule has 0 heterocycles. The highest BCUT2D eigenvalue weighted by Gasteiger charge is 2.20. The van der Waals surface area contributed by atoms with Crippen molar-refractivity contribution in [3.63, 3.8) is 0 Å². The molecule has 18 heavy (non-hydrogen) atoms. The van der Waals surface area contributed by atoms with Gasteiger partial charge in [-0.2, -0.15) is 0 Å². The fourth-order valence-corrected chi connectivity index (χ4v) is 1.70. The van der Waals surface area contributed by atoms with Gasteiger partial charge in [-0.1, -0.05) is 30.3 Å². The molecule has 5 heteroatoms. The molecule has 0 aliphatic rings. The van der Waals surface area contributed by atoms with E-state index >= 15 is 0 Å². The van der Waals surface area contributed by atoms with Crippen LogP contribution in [0.1, 0.15) is 12.5 Å². The highest BCUT2D eigenvalue weighted by atomic mass is 16.4. The molecule has 1 amide bonds. The minimum absolute atomic E-state index is 0.268. The second-order valence-corrected chi connectivity index (χ2v) is 4.27. The van der Waals surface area contributed by atoms with Gasteiger partial charge in [-0.3, -0.25) is 9.69 Å². The van der Waals surface area contributed by atoms with Gasteiger partial charge in [0.1, 0.15) is 6.04 Å². The van der Waals surface area contributed by atoms with E-state index in [9.17, 15) is 9.59 Å². The van der Waals surface area contributed by atoms with Gasteiger partial charge in [0.2, 0.25) is 5.91 Å². The smallest absolute Gasteiger partial charge is 0.327 e. The molecule has 0 radical (unpaired) electrons. The Bertz CT molecular complexity index is 406. The predicted octanol–water partition coefficient (Wildman–Crippen LogP) is 0.708. The fourth-order valence-electron chi connectivity index (χ4n) is 1.70. The van der Waals surface area contributed by atoms with Gasteiger partial charge in [-0.15, -0.1) is 0 Å². The normalized spacial score (nSPS) is 12.2. The summed E-state index contributed by atoms with van der Waals surface area (Å²) in [5.74, 6) is -1.36. The maximum Gasteiger partial charge on any atom is 0.327 e. The van der Waals surface area contributed by atoms with Gasteiger partial charge in [0.05, 0.1) is 0 Å². The largest absolute Gasteiger partial charge is 0.480 e. The van der Waals surface area contributed by atoms with E-state index in [0.29, 0.717) is 6.54 Å².